The summed E-state index contributed by atoms with van der Waals surface area (Å²) in [6, 6.07) is 0. The van der Waals surface area contributed by atoms with Gasteiger partial charge in [0.05, 0.1) is 12.8 Å². The van der Waals surface area contributed by atoms with Gasteiger partial charge in [-0.2, -0.15) is 0 Å². The number of carbonyl (C=O) groups is 4. The van der Waals surface area contributed by atoms with Gasteiger partial charge in [0.2, 0.25) is 0 Å². The molecule has 0 aliphatic carbocycles. The summed E-state index contributed by atoms with van der Waals surface area (Å²) >= 11 is 0. The van der Waals surface area contributed by atoms with Crippen molar-refractivity contribution in [3.8, 4) is 0 Å². The van der Waals surface area contributed by atoms with Crippen LogP contribution in [0.1, 0.15) is 25.5 Å². The fourth-order valence-electron chi connectivity index (χ4n) is 0.936. The van der Waals surface area contributed by atoms with Crippen LogP contribution in [0.4, 0.5) is 0 Å². The Morgan fingerprint density at radius 3 is 1.82 bits per heavy atom. The van der Waals surface area contributed by atoms with Crippen LogP contribution in [0.3, 0.4) is 0 Å². The topological polar surface area (TPSA) is 158 Å². The van der Waals surface area contributed by atoms with Gasteiger partial charge in [0.15, 0.2) is 5.60 Å². The summed E-state index contributed by atoms with van der Waals surface area (Å²) in [6.07, 6.45) is -4.07. The van der Waals surface area contributed by atoms with Gasteiger partial charge in [-0.15, -0.1) is 12.4 Å². The van der Waals surface area contributed by atoms with Crippen molar-refractivity contribution >= 4 is 74.0 Å². The Bertz CT molecular complexity index is 409. The van der Waals surface area contributed by atoms with Crippen molar-refractivity contribution in [2.45, 2.75) is 31.5 Å². The zero-order valence-corrected chi connectivity index (χ0v) is 19.5. The number of ether oxygens (including phenoxy) is 1. The van der Waals surface area contributed by atoms with Crippen LogP contribution in [0.5, 0.6) is 0 Å². The Labute approximate surface area is 212 Å². The van der Waals surface area contributed by atoms with E-state index in [2.05, 4.69) is 4.74 Å². The fourth-order valence-corrected chi connectivity index (χ4v) is 0.936. The number of carboxylic acid groups (broad SMARTS) is 2. The smallest absolute Gasteiger partial charge is 1.00 e. The van der Waals surface area contributed by atoms with Gasteiger partial charge >= 0.3 is 121 Å². The molecule has 0 bridgehead atoms. The zero-order chi connectivity index (χ0) is 14.5. The third-order valence-electron chi connectivity index (χ3n) is 1.83. The van der Waals surface area contributed by atoms with E-state index in [-0.39, 0.29) is 115 Å². The molecule has 4 N–H and O–H groups in total. The molecule has 0 fully saturated rings. The number of carboxylic acids is 2. The van der Waals surface area contributed by atoms with Crippen molar-refractivity contribution in [3.63, 3.8) is 0 Å². The minimum Gasteiger partial charge on any atom is -1.00 e. The molecule has 0 amide bonds. The molecule has 0 aromatic heterocycles. The first-order valence-electron chi connectivity index (χ1n) is 4.68. The number of aliphatic hydroxyl groups excluding tert-OH is 1. The molecule has 0 aliphatic rings. The number of aliphatic hydroxyl groups is 2. The molecule has 0 rings (SSSR count). The van der Waals surface area contributed by atoms with Crippen LogP contribution >= 0.6 is 12.4 Å². The molecule has 0 saturated carbocycles. The second kappa shape index (κ2) is 16.0. The maximum absolute atomic E-state index is 11.1. The van der Waals surface area contributed by atoms with Crippen molar-refractivity contribution in [1.29, 1.82) is 0 Å². The Hall–Kier alpha value is 1.55. The van der Waals surface area contributed by atoms with E-state index in [4.69, 9.17) is 15.3 Å². The van der Waals surface area contributed by atoms with Crippen LogP contribution in [0.2, 0.25) is 0 Å². The predicted octanol–water partition coefficient (Wildman–Crippen LogP) is -7.38. The Morgan fingerprint density at radius 2 is 1.55 bits per heavy atom. The largest absolute Gasteiger partial charge is 2.00 e. The van der Waals surface area contributed by atoms with Crippen molar-refractivity contribution in [3.05, 3.63) is 0 Å². The molecular weight excluding hydrogens is 374 g/mol. The number of halogens is 1. The van der Waals surface area contributed by atoms with Crippen LogP contribution in [0, 0.1) is 0 Å². The van der Waals surface area contributed by atoms with Gasteiger partial charge in [0.1, 0.15) is 6.10 Å². The van der Waals surface area contributed by atoms with Crippen molar-refractivity contribution in [2.75, 3.05) is 0 Å². The van der Waals surface area contributed by atoms with Crippen molar-refractivity contribution < 1.29 is 109 Å². The summed E-state index contributed by atoms with van der Waals surface area (Å²) in [5.74, 6) is -6.36. The Morgan fingerprint density at radius 1 is 1.14 bits per heavy atom. The predicted molar refractivity (Wildman–Crippen MR) is 69.7 cm³/mol. The number of hydrogen-bond acceptors (Lipinski definition) is 7. The summed E-state index contributed by atoms with van der Waals surface area (Å²) in [5.41, 5.74) is -2.87. The van der Waals surface area contributed by atoms with E-state index >= 15 is 0 Å². The van der Waals surface area contributed by atoms with Crippen molar-refractivity contribution in [2.24, 2.45) is 0 Å². The van der Waals surface area contributed by atoms with E-state index in [1.807, 2.05) is 0 Å². The first-order chi connectivity index (χ1) is 8.08. The zero-order valence-electron chi connectivity index (χ0n) is 16.4. The molecule has 0 aromatic rings. The third kappa shape index (κ3) is 13.9. The van der Waals surface area contributed by atoms with Crippen LogP contribution in [-0.2, 0) is 23.9 Å². The molecule has 22 heavy (non-hydrogen) atoms. The molecule has 118 valence electrons. The average molecular weight is 391 g/mol. The maximum atomic E-state index is 11.1. The molecule has 9 nitrogen and oxygen atoms in total. The first kappa shape index (κ1) is 34.8. The molecule has 0 saturated heterocycles. The molecule has 2 unspecified atom stereocenters. The molecule has 0 spiro atoms. The maximum Gasteiger partial charge on any atom is 2.00 e. The van der Waals surface area contributed by atoms with Gasteiger partial charge in [0, 0.05) is 0 Å². The molecule has 13 heteroatoms. The standard InChI is InChI=1S/C9H12O9.Ca.ClH.2Na.4H/c1-4(10)7(14)18-6(13)3-9(17,8(15)16)2-5(11)12;;;;;;;;/h4,10,17H,2-3H2,1H3,(H,11,12)(H,15,16);;1H;;;;;;/q;+2;;2*+1;4*-1. The number of hydrogen-bond donors (Lipinski definition) is 4. The van der Waals surface area contributed by atoms with Gasteiger partial charge in [-0.05, 0) is 6.92 Å². The van der Waals surface area contributed by atoms with Crippen molar-refractivity contribution in [1.82, 2.24) is 0 Å². The van der Waals surface area contributed by atoms with E-state index in [1.165, 1.54) is 0 Å². The summed E-state index contributed by atoms with van der Waals surface area (Å²) in [4.78, 5) is 42.9. The SMILES string of the molecule is CC(O)C(=O)OC(=O)CC(O)(CC(=O)O)C(=O)O.Cl.[Ca+2].[H-].[H-].[H-].[H-].[Na+].[Na+]. The summed E-state index contributed by atoms with van der Waals surface area (Å²) in [7, 11) is 0. The fraction of sp³-hybridized carbons (Fsp3) is 0.556. The van der Waals surface area contributed by atoms with Gasteiger partial charge in [-0.25, -0.2) is 9.59 Å². The monoisotopic (exact) mass is 390 g/mol. The summed E-state index contributed by atoms with van der Waals surface area (Å²) in [6.45, 7) is 1.01. The molecular formula is C9H17CaClNa2O9. The minimum atomic E-state index is -2.87. The molecule has 0 radical (unpaired) electrons. The van der Waals surface area contributed by atoms with Gasteiger partial charge < -0.3 is 30.9 Å². The van der Waals surface area contributed by atoms with Crippen LogP contribution in [-0.4, -0.2) is 93.7 Å². The summed E-state index contributed by atoms with van der Waals surface area (Å²) in [5, 5.41) is 35.2. The molecule has 0 aliphatic heterocycles. The number of esters is 2. The first-order valence-corrected chi connectivity index (χ1v) is 4.68. The normalized spacial score (nSPS) is 12.5. The second-order valence-corrected chi connectivity index (χ2v) is 3.55. The van der Waals surface area contributed by atoms with E-state index in [1.54, 1.807) is 0 Å². The number of aliphatic carboxylic acids is 2. The average Bonchev–Trinajstić information content (AvgIpc) is 2.14. The van der Waals surface area contributed by atoms with Crippen LogP contribution in [0.25, 0.3) is 0 Å². The number of rotatable bonds is 6. The van der Waals surface area contributed by atoms with Gasteiger partial charge in [-0.3, -0.25) is 9.59 Å². The van der Waals surface area contributed by atoms with E-state index in [0.717, 1.165) is 6.92 Å². The molecule has 0 heterocycles. The molecule has 2 atom stereocenters. The van der Waals surface area contributed by atoms with E-state index in [9.17, 15) is 24.3 Å². The second-order valence-electron chi connectivity index (χ2n) is 3.55. The minimum absolute atomic E-state index is 0. The Balaban J connectivity index is -0.0000000516. The quantitative estimate of drug-likeness (QED) is 0.196. The van der Waals surface area contributed by atoms with E-state index < -0.39 is 48.4 Å². The van der Waals surface area contributed by atoms with Crippen LogP contribution < -0.4 is 59.1 Å². The van der Waals surface area contributed by atoms with Gasteiger partial charge in [-0.1, -0.05) is 0 Å². The molecule has 0 aromatic carbocycles. The van der Waals surface area contributed by atoms with Crippen LogP contribution in [0.15, 0.2) is 0 Å². The third-order valence-corrected chi connectivity index (χ3v) is 1.83. The summed E-state index contributed by atoms with van der Waals surface area (Å²) < 4.78 is 4.00. The van der Waals surface area contributed by atoms with E-state index in [0.29, 0.717) is 0 Å². The number of carbonyl (C=O) groups excluding carboxylic acids is 2. The van der Waals surface area contributed by atoms with Gasteiger partial charge in [0.25, 0.3) is 0 Å². The Kier molecular flexibility index (Phi) is 25.4.